The lowest BCUT2D eigenvalue weighted by molar-refractivity contribution is 0.216. The van der Waals surface area contributed by atoms with Gasteiger partial charge >= 0.3 is 0 Å². The Labute approximate surface area is 60.5 Å². The van der Waals surface area contributed by atoms with E-state index in [4.69, 9.17) is 10.2 Å². The highest BCUT2D eigenvalue weighted by atomic mass is 16.3. The van der Waals surface area contributed by atoms with E-state index in [-0.39, 0.29) is 0 Å². The highest BCUT2D eigenvalue weighted by Crippen LogP contribution is 2.19. The van der Waals surface area contributed by atoms with Crippen molar-refractivity contribution >= 4 is 0 Å². The van der Waals surface area contributed by atoms with Gasteiger partial charge in [-0.15, -0.1) is 0 Å². The molecule has 0 heterocycles. The van der Waals surface area contributed by atoms with Crippen molar-refractivity contribution in [3.8, 4) is 0 Å². The minimum atomic E-state index is -0.397. The van der Waals surface area contributed by atoms with Gasteiger partial charge in [0.05, 0.1) is 6.10 Å². The Hall–Kier alpha value is -0.760. The molecule has 0 fully saturated rings. The normalized spacial score (nSPS) is 25.6. The Balaban J connectivity index is 2.74. The number of allylic oxidation sites excluding steroid dienone is 1. The summed E-state index contributed by atoms with van der Waals surface area (Å²) >= 11 is 0. The first kappa shape index (κ1) is 7.35. The molecule has 1 unspecified atom stereocenters. The van der Waals surface area contributed by atoms with E-state index in [0.717, 1.165) is 12.0 Å². The lowest BCUT2D eigenvalue weighted by atomic mass is 9.99. The van der Waals surface area contributed by atoms with Crippen molar-refractivity contribution in [3.63, 3.8) is 0 Å². The molecule has 1 rings (SSSR count). The van der Waals surface area contributed by atoms with E-state index in [0.29, 0.717) is 12.2 Å². The van der Waals surface area contributed by atoms with Crippen LogP contribution in [0, 0.1) is 0 Å². The molecule has 1 atom stereocenters. The third-order valence-corrected chi connectivity index (χ3v) is 1.72. The molecule has 1 aliphatic rings. The number of aliphatic hydroxyl groups excluding tert-OH is 2. The fourth-order valence-electron chi connectivity index (χ4n) is 1.07. The van der Waals surface area contributed by atoms with Gasteiger partial charge in [0.2, 0.25) is 0 Å². The van der Waals surface area contributed by atoms with E-state index in [1.165, 1.54) is 0 Å². The van der Waals surface area contributed by atoms with E-state index in [1.807, 2.05) is 6.92 Å². The minimum Gasteiger partial charge on any atom is -0.508 e. The zero-order valence-electron chi connectivity index (χ0n) is 6.04. The first-order valence-electron chi connectivity index (χ1n) is 3.51. The van der Waals surface area contributed by atoms with Crippen LogP contribution in [0.15, 0.2) is 23.5 Å². The Morgan fingerprint density at radius 3 is 2.90 bits per heavy atom. The minimum absolute atomic E-state index is 0.327. The highest BCUT2D eigenvalue weighted by Gasteiger charge is 2.11. The summed E-state index contributed by atoms with van der Waals surface area (Å²) in [5.74, 6) is 0.327. The molecule has 2 N–H and O–H groups in total. The summed E-state index contributed by atoms with van der Waals surface area (Å²) in [7, 11) is 0. The molecule has 2 heteroatoms. The quantitative estimate of drug-likeness (QED) is 0.579. The number of hydrogen-bond acceptors (Lipinski definition) is 2. The number of rotatable bonds is 1. The Morgan fingerprint density at radius 2 is 2.40 bits per heavy atom. The molecule has 0 aromatic heterocycles. The molecule has 0 saturated carbocycles. The summed E-state index contributed by atoms with van der Waals surface area (Å²) in [4.78, 5) is 0. The maximum absolute atomic E-state index is 9.17. The average Bonchev–Trinajstić information content (AvgIpc) is 1.94. The molecule has 56 valence electrons. The summed E-state index contributed by atoms with van der Waals surface area (Å²) in [5.41, 5.74) is 0.940. The van der Waals surface area contributed by atoms with Crippen molar-refractivity contribution in [3.05, 3.63) is 23.5 Å². The van der Waals surface area contributed by atoms with Crippen molar-refractivity contribution in [2.24, 2.45) is 0 Å². The zero-order valence-corrected chi connectivity index (χ0v) is 6.04. The van der Waals surface area contributed by atoms with Crippen molar-refractivity contribution in [1.82, 2.24) is 0 Å². The van der Waals surface area contributed by atoms with Crippen LogP contribution in [0.5, 0.6) is 0 Å². The first-order chi connectivity index (χ1) is 4.74. The molecule has 0 bridgehead atoms. The van der Waals surface area contributed by atoms with Gasteiger partial charge in [-0.05, 0) is 18.1 Å². The third-order valence-electron chi connectivity index (χ3n) is 1.72. The van der Waals surface area contributed by atoms with Gasteiger partial charge in [0.25, 0.3) is 0 Å². The summed E-state index contributed by atoms with van der Waals surface area (Å²) in [6.07, 6.45) is 4.17. The largest absolute Gasteiger partial charge is 0.508 e. The number of aliphatic hydroxyl groups is 2. The monoisotopic (exact) mass is 140 g/mol. The van der Waals surface area contributed by atoms with Crippen LogP contribution in [0.3, 0.4) is 0 Å². The van der Waals surface area contributed by atoms with Gasteiger partial charge < -0.3 is 10.2 Å². The lowest BCUT2D eigenvalue weighted by Crippen LogP contribution is -2.09. The molecule has 10 heavy (non-hydrogen) atoms. The number of hydrogen-bond donors (Lipinski definition) is 2. The van der Waals surface area contributed by atoms with Gasteiger partial charge in [-0.3, -0.25) is 0 Å². The Bertz CT molecular complexity index is 180. The molecule has 0 radical (unpaired) electrons. The van der Waals surface area contributed by atoms with Crippen LogP contribution in [0.25, 0.3) is 0 Å². The maximum atomic E-state index is 9.17. The van der Waals surface area contributed by atoms with E-state index < -0.39 is 6.10 Å². The molecular weight excluding hydrogens is 128 g/mol. The predicted molar refractivity (Wildman–Crippen MR) is 39.7 cm³/mol. The van der Waals surface area contributed by atoms with Crippen molar-refractivity contribution < 1.29 is 10.2 Å². The van der Waals surface area contributed by atoms with Crippen LogP contribution >= 0.6 is 0 Å². The van der Waals surface area contributed by atoms with Crippen LogP contribution in [0.2, 0.25) is 0 Å². The Kier molecular flexibility index (Phi) is 2.12. The fourth-order valence-corrected chi connectivity index (χ4v) is 1.07. The van der Waals surface area contributed by atoms with Gasteiger partial charge in [-0.2, -0.15) is 0 Å². The maximum Gasteiger partial charge on any atom is 0.114 e. The summed E-state index contributed by atoms with van der Waals surface area (Å²) in [6.45, 7) is 1.97. The topological polar surface area (TPSA) is 40.5 Å². The van der Waals surface area contributed by atoms with Crippen molar-refractivity contribution in [2.75, 3.05) is 0 Å². The molecular formula is C8H12O2. The van der Waals surface area contributed by atoms with E-state index in [9.17, 15) is 0 Å². The molecule has 0 aliphatic heterocycles. The van der Waals surface area contributed by atoms with Gasteiger partial charge in [0, 0.05) is 6.42 Å². The molecule has 1 aliphatic carbocycles. The van der Waals surface area contributed by atoms with E-state index in [2.05, 4.69) is 0 Å². The lowest BCUT2D eigenvalue weighted by Gasteiger charge is -2.13. The van der Waals surface area contributed by atoms with Gasteiger partial charge in [0.1, 0.15) is 5.76 Å². The van der Waals surface area contributed by atoms with Crippen LogP contribution < -0.4 is 0 Å². The smallest absolute Gasteiger partial charge is 0.114 e. The molecule has 2 nitrogen and oxygen atoms in total. The van der Waals surface area contributed by atoms with Crippen LogP contribution in [0.1, 0.15) is 19.8 Å². The van der Waals surface area contributed by atoms with Crippen molar-refractivity contribution in [2.45, 2.75) is 25.9 Å². The van der Waals surface area contributed by atoms with Crippen LogP contribution in [0.4, 0.5) is 0 Å². The SMILES string of the molecule is CCC1=C(O)C=CC(O)C1. The second kappa shape index (κ2) is 2.88. The summed E-state index contributed by atoms with van der Waals surface area (Å²) in [6, 6.07) is 0. The second-order valence-corrected chi connectivity index (χ2v) is 2.47. The van der Waals surface area contributed by atoms with Crippen molar-refractivity contribution in [1.29, 1.82) is 0 Å². The molecule has 0 saturated heterocycles. The van der Waals surface area contributed by atoms with Gasteiger partial charge in [0.15, 0.2) is 0 Å². The molecule has 0 spiro atoms. The van der Waals surface area contributed by atoms with Crippen LogP contribution in [-0.4, -0.2) is 16.3 Å². The third kappa shape index (κ3) is 1.39. The Morgan fingerprint density at radius 1 is 1.70 bits per heavy atom. The van der Waals surface area contributed by atoms with E-state index >= 15 is 0 Å². The van der Waals surface area contributed by atoms with Crippen LogP contribution in [-0.2, 0) is 0 Å². The zero-order chi connectivity index (χ0) is 7.56. The first-order valence-corrected chi connectivity index (χ1v) is 3.51. The second-order valence-electron chi connectivity index (χ2n) is 2.47. The highest BCUT2D eigenvalue weighted by molar-refractivity contribution is 5.25. The molecule has 0 amide bonds. The summed E-state index contributed by atoms with van der Waals surface area (Å²) in [5, 5.41) is 18.3. The van der Waals surface area contributed by atoms with Gasteiger partial charge in [-0.1, -0.05) is 13.0 Å². The molecule has 0 aromatic carbocycles. The van der Waals surface area contributed by atoms with Gasteiger partial charge in [-0.25, -0.2) is 0 Å². The summed E-state index contributed by atoms with van der Waals surface area (Å²) < 4.78 is 0. The average molecular weight is 140 g/mol. The molecule has 0 aromatic rings. The predicted octanol–water partition coefficient (Wildman–Crippen LogP) is 1.53. The van der Waals surface area contributed by atoms with E-state index in [1.54, 1.807) is 12.2 Å². The standard InChI is InChI=1S/C8H12O2/c1-2-6-5-7(9)3-4-8(6)10/h3-4,7,9-10H,2,5H2,1H3. The fraction of sp³-hybridized carbons (Fsp3) is 0.500.